The van der Waals surface area contributed by atoms with Crippen LogP contribution in [0.4, 0.5) is 8.78 Å². The molecule has 0 bridgehead atoms. The van der Waals surface area contributed by atoms with Gasteiger partial charge in [-0.05, 0) is 35.7 Å². The van der Waals surface area contributed by atoms with E-state index in [0.717, 1.165) is 0 Å². The van der Waals surface area contributed by atoms with Crippen LogP contribution >= 0.6 is 0 Å². The van der Waals surface area contributed by atoms with Crippen molar-refractivity contribution in [2.45, 2.75) is 13.3 Å². The highest BCUT2D eigenvalue weighted by atomic mass is 19.1. The smallest absolute Gasteiger partial charge is 0.255 e. The zero-order valence-corrected chi connectivity index (χ0v) is 15.7. The highest BCUT2D eigenvalue weighted by molar-refractivity contribution is 6.09. The minimum Gasteiger partial charge on any atom is -0.491 e. The van der Waals surface area contributed by atoms with Crippen LogP contribution in [0.3, 0.4) is 0 Å². The molecule has 0 spiro atoms. The number of carbonyl (C=O) groups excluding carboxylic acids is 1. The number of nitrogens with zero attached hydrogens (tertiary/aromatic N) is 1. The van der Waals surface area contributed by atoms with E-state index in [9.17, 15) is 13.6 Å². The van der Waals surface area contributed by atoms with E-state index in [1.54, 1.807) is 26.1 Å². The molecule has 5 nitrogen and oxygen atoms in total. The number of ether oxygens (including phenoxy) is 1. The summed E-state index contributed by atoms with van der Waals surface area (Å²) in [7, 11) is 1.59. The Labute approximate surface area is 161 Å². The molecule has 3 rings (SSSR count). The Kier molecular flexibility index (Phi) is 5.73. The normalized spacial score (nSPS) is 14.4. The van der Waals surface area contributed by atoms with E-state index in [4.69, 9.17) is 10.5 Å². The predicted molar refractivity (Wildman–Crippen MR) is 105 cm³/mol. The molecule has 0 fully saturated rings. The van der Waals surface area contributed by atoms with E-state index in [1.807, 2.05) is 0 Å². The van der Waals surface area contributed by atoms with E-state index >= 15 is 0 Å². The summed E-state index contributed by atoms with van der Waals surface area (Å²) in [5.74, 6) is -1.08. The van der Waals surface area contributed by atoms with E-state index < -0.39 is 11.6 Å². The maximum absolute atomic E-state index is 14.9. The number of benzene rings is 2. The average molecular weight is 385 g/mol. The summed E-state index contributed by atoms with van der Waals surface area (Å²) in [6, 6.07) is 6.04. The standard InChI is InChI=1S/C21H21F2N3O2/c1-12-19(23)15(8-17-20(12)28-6-5-26-21(17)27)7-14-4-3-13(9-18(14)22)16(10-24)11-25-2/h3-4,8-11H,5-7,24H2,1-2H3,(H,26,27)/b16-10+,25-11?. The molecule has 1 heterocycles. The Bertz CT molecular complexity index is 984. The van der Waals surface area contributed by atoms with Crippen molar-refractivity contribution in [2.75, 3.05) is 20.2 Å². The van der Waals surface area contributed by atoms with Crippen molar-refractivity contribution in [1.82, 2.24) is 5.32 Å². The van der Waals surface area contributed by atoms with Gasteiger partial charge in [-0.25, -0.2) is 8.78 Å². The Morgan fingerprint density at radius 3 is 2.79 bits per heavy atom. The number of nitrogens with two attached hydrogens (primary N) is 1. The molecule has 1 aliphatic heterocycles. The third kappa shape index (κ3) is 3.74. The lowest BCUT2D eigenvalue weighted by molar-refractivity contribution is 0.0957. The largest absolute Gasteiger partial charge is 0.491 e. The number of allylic oxidation sites excluding steroid dienone is 1. The van der Waals surface area contributed by atoms with E-state index in [1.165, 1.54) is 24.5 Å². The van der Waals surface area contributed by atoms with Gasteiger partial charge < -0.3 is 15.8 Å². The molecule has 0 saturated carbocycles. The number of aliphatic imine (C=N–C) groups is 1. The second-order valence-electron chi connectivity index (χ2n) is 6.45. The van der Waals surface area contributed by atoms with Crippen LogP contribution < -0.4 is 15.8 Å². The topological polar surface area (TPSA) is 76.7 Å². The first kappa shape index (κ1) is 19.5. The summed E-state index contributed by atoms with van der Waals surface area (Å²) in [4.78, 5) is 16.1. The highest BCUT2D eigenvalue weighted by Gasteiger charge is 2.23. The maximum Gasteiger partial charge on any atom is 0.255 e. The van der Waals surface area contributed by atoms with Crippen LogP contribution in [0, 0.1) is 18.6 Å². The van der Waals surface area contributed by atoms with Gasteiger partial charge in [0.1, 0.15) is 24.0 Å². The molecule has 1 amide bonds. The first-order valence-electron chi connectivity index (χ1n) is 8.82. The minimum atomic E-state index is -0.502. The van der Waals surface area contributed by atoms with Gasteiger partial charge in [0.25, 0.3) is 5.91 Å². The number of rotatable bonds is 4. The molecule has 0 saturated heterocycles. The summed E-state index contributed by atoms with van der Waals surface area (Å²) in [5, 5.41) is 2.70. The third-order valence-electron chi connectivity index (χ3n) is 4.61. The maximum atomic E-state index is 14.9. The van der Waals surface area contributed by atoms with Crippen LogP contribution in [0.25, 0.3) is 5.57 Å². The zero-order valence-electron chi connectivity index (χ0n) is 15.7. The van der Waals surface area contributed by atoms with Crippen LogP contribution in [0.1, 0.15) is 32.6 Å². The summed E-state index contributed by atoms with van der Waals surface area (Å²) in [5.41, 5.74) is 7.74. The Balaban J connectivity index is 1.98. The fourth-order valence-electron chi connectivity index (χ4n) is 3.17. The lowest BCUT2D eigenvalue weighted by Gasteiger charge is -2.14. The van der Waals surface area contributed by atoms with Gasteiger partial charge in [0, 0.05) is 37.0 Å². The summed E-state index contributed by atoms with van der Waals surface area (Å²) >= 11 is 0. The van der Waals surface area contributed by atoms with Gasteiger partial charge >= 0.3 is 0 Å². The molecular weight excluding hydrogens is 364 g/mol. The molecular formula is C21H21F2N3O2. The Hall–Kier alpha value is -3.22. The van der Waals surface area contributed by atoms with Crippen molar-refractivity contribution in [3.05, 3.63) is 69.9 Å². The van der Waals surface area contributed by atoms with Gasteiger partial charge in [-0.15, -0.1) is 0 Å². The van der Waals surface area contributed by atoms with Gasteiger partial charge in [0.15, 0.2) is 0 Å². The van der Waals surface area contributed by atoms with E-state index in [0.29, 0.717) is 23.2 Å². The second kappa shape index (κ2) is 8.21. The fraction of sp³-hybridized carbons (Fsp3) is 0.238. The molecule has 0 unspecified atom stereocenters. The predicted octanol–water partition coefficient (Wildman–Crippen LogP) is 2.99. The molecule has 3 N–H and O–H groups in total. The molecule has 0 aliphatic carbocycles. The molecule has 0 radical (unpaired) electrons. The number of halogens is 2. The van der Waals surface area contributed by atoms with Crippen molar-refractivity contribution in [3.63, 3.8) is 0 Å². The van der Waals surface area contributed by atoms with Gasteiger partial charge in [-0.3, -0.25) is 9.79 Å². The zero-order chi connectivity index (χ0) is 20.3. The molecule has 28 heavy (non-hydrogen) atoms. The van der Waals surface area contributed by atoms with Crippen LogP contribution in [0.5, 0.6) is 5.75 Å². The Morgan fingerprint density at radius 2 is 2.11 bits per heavy atom. The van der Waals surface area contributed by atoms with Crippen molar-refractivity contribution in [2.24, 2.45) is 10.7 Å². The van der Waals surface area contributed by atoms with E-state index in [-0.39, 0.29) is 41.4 Å². The quantitative estimate of drug-likeness (QED) is 0.795. The number of fused-ring (bicyclic) bond motifs is 1. The highest BCUT2D eigenvalue weighted by Crippen LogP contribution is 2.31. The second-order valence-corrected chi connectivity index (χ2v) is 6.45. The molecule has 7 heteroatoms. The van der Waals surface area contributed by atoms with E-state index in [2.05, 4.69) is 10.3 Å². The van der Waals surface area contributed by atoms with Crippen LogP contribution in [0.15, 0.2) is 35.5 Å². The van der Waals surface area contributed by atoms with Crippen molar-refractivity contribution in [3.8, 4) is 5.75 Å². The van der Waals surface area contributed by atoms with Gasteiger partial charge in [0.2, 0.25) is 0 Å². The van der Waals surface area contributed by atoms with Crippen molar-refractivity contribution < 1.29 is 18.3 Å². The van der Waals surface area contributed by atoms with Crippen LogP contribution in [0.2, 0.25) is 0 Å². The number of hydrogen-bond acceptors (Lipinski definition) is 4. The number of amides is 1. The third-order valence-corrected chi connectivity index (χ3v) is 4.61. The summed E-state index contributed by atoms with van der Waals surface area (Å²) < 4.78 is 35.0. The van der Waals surface area contributed by atoms with Crippen molar-refractivity contribution in [1.29, 1.82) is 0 Å². The number of hydrogen-bond donors (Lipinski definition) is 2. The molecule has 0 atom stereocenters. The lowest BCUT2D eigenvalue weighted by atomic mass is 9.96. The minimum absolute atomic E-state index is 0.00286. The molecule has 146 valence electrons. The Morgan fingerprint density at radius 1 is 1.32 bits per heavy atom. The number of carbonyl (C=O) groups is 1. The van der Waals surface area contributed by atoms with Crippen LogP contribution in [-0.4, -0.2) is 32.3 Å². The fourth-order valence-corrected chi connectivity index (χ4v) is 3.17. The van der Waals surface area contributed by atoms with Gasteiger partial charge in [-0.1, -0.05) is 12.1 Å². The molecule has 0 aromatic heterocycles. The van der Waals surface area contributed by atoms with Gasteiger partial charge in [0.05, 0.1) is 12.1 Å². The van der Waals surface area contributed by atoms with Gasteiger partial charge in [-0.2, -0.15) is 0 Å². The molecule has 1 aliphatic rings. The monoisotopic (exact) mass is 385 g/mol. The molecule has 2 aromatic carbocycles. The summed E-state index contributed by atoms with van der Waals surface area (Å²) in [6.45, 7) is 2.17. The lowest BCUT2D eigenvalue weighted by Crippen LogP contribution is -2.24. The first-order chi connectivity index (χ1) is 13.5. The van der Waals surface area contributed by atoms with Crippen molar-refractivity contribution >= 4 is 17.7 Å². The average Bonchev–Trinajstić information content (AvgIpc) is 2.87. The molecule has 2 aromatic rings. The summed E-state index contributed by atoms with van der Waals surface area (Å²) in [6.07, 6.45) is 2.88. The number of nitrogens with one attached hydrogen (secondary N) is 1. The van der Waals surface area contributed by atoms with Crippen LogP contribution in [-0.2, 0) is 6.42 Å². The SMILES string of the molecule is CN=C/C(=C\N)c1ccc(Cc2cc3c(c(C)c2F)OCCNC3=O)c(F)c1. The first-order valence-corrected chi connectivity index (χ1v) is 8.82.